The van der Waals surface area contributed by atoms with Crippen molar-refractivity contribution in [2.45, 2.75) is 25.5 Å². The molecule has 0 N–H and O–H groups in total. The van der Waals surface area contributed by atoms with Crippen LogP contribution in [0.15, 0.2) is 30.5 Å². The summed E-state index contributed by atoms with van der Waals surface area (Å²) in [5.74, 6) is -0.143. The standard InChI is InChI=1S/C17H22N4O3/c1-12-5-4-6-13(7-12)21-10-16(18-19-21)17(22)20-9-15(24-3)8-14(20)11-23-2/h4-7,10,14-15H,8-9,11H2,1-3H3/t14-,15-/m0/s1. The molecule has 24 heavy (non-hydrogen) atoms. The summed E-state index contributed by atoms with van der Waals surface area (Å²) >= 11 is 0. The summed E-state index contributed by atoms with van der Waals surface area (Å²) in [6, 6.07) is 7.88. The lowest BCUT2D eigenvalue weighted by molar-refractivity contribution is 0.0606. The average molecular weight is 330 g/mol. The number of aromatic nitrogens is 3. The molecule has 0 unspecified atom stereocenters. The van der Waals surface area contributed by atoms with Crippen LogP contribution in [0.4, 0.5) is 0 Å². The minimum atomic E-state index is -0.143. The Kier molecular flexibility index (Phi) is 4.92. The van der Waals surface area contributed by atoms with E-state index in [9.17, 15) is 4.79 Å². The number of likely N-dealkylation sites (tertiary alicyclic amines) is 1. The van der Waals surface area contributed by atoms with Crippen LogP contribution in [-0.4, -0.2) is 65.3 Å². The number of hydrogen-bond donors (Lipinski definition) is 0. The van der Waals surface area contributed by atoms with Crippen molar-refractivity contribution in [1.82, 2.24) is 19.9 Å². The monoisotopic (exact) mass is 330 g/mol. The van der Waals surface area contributed by atoms with Gasteiger partial charge in [-0.05, 0) is 31.0 Å². The maximum atomic E-state index is 12.8. The van der Waals surface area contributed by atoms with Crippen molar-refractivity contribution in [2.75, 3.05) is 27.4 Å². The van der Waals surface area contributed by atoms with Gasteiger partial charge in [-0.25, -0.2) is 4.68 Å². The summed E-state index contributed by atoms with van der Waals surface area (Å²) in [4.78, 5) is 14.6. The first-order valence-electron chi connectivity index (χ1n) is 7.94. The number of nitrogens with zero attached hydrogens (tertiary/aromatic N) is 4. The number of carbonyl (C=O) groups is 1. The molecule has 1 aromatic heterocycles. The Hall–Kier alpha value is -2.25. The van der Waals surface area contributed by atoms with Gasteiger partial charge >= 0.3 is 0 Å². The highest BCUT2D eigenvalue weighted by Crippen LogP contribution is 2.22. The maximum Gasteiger partial charge on any atom is 0.276 e. The van der Waals surface area contributed by atoms with Gasteiger partial charge in [0.2, 0.25) is 0 Å². The van der Waals surface area contributed by atoms with Gasteiger partial charge in [0.05, 0.1) is 30.6 Å². The van der Waals surface area contributed by atoms with Gasteiger partial charge in [0.15, 0.2) is 5.69 Å². The predicted octanol–water partition coefficient (Wildman–Crippen LogP) is 1.45. The van der Waals surface area contributed by atoms with E-state index in [0.717, 1.165) is 17.7 Å². The molecular formula is C17H22N4O3. The third kappa shape index (κ3) is 3.32. The van der Waals surface area contributed by atoms with Gasteiger partial charge in [-0.3, -0.25) is 4.79 Å². The number of ether oxygens (including phenoxy) is 2. The van der Waals surface area contributed by atoms with Gasteiger partial charge in [-0.15, -0.1) is 5.10 Å². The van der Waals surface area contributed by atoms with Gasteiger partial charge in [0.25, 0.3) is 5.91 Å². The number of benzene rings is 1. The molecule has 1 saturated heterocycles. The number of methoxy groups -OCH3 is 2. The first-order valence-corrected chi connectivity index (χ1v) is 7.94. The summed E-state index contributed by atoms with van der Waals surface area (Å²) in [5, 5.41) is 8.14. The van der Waals surface area contributed by atoms with E-state index in [1.165, 1.54) is 0 Å². The fourth-order valence-corrected chi connectivity index (χ4v) is 3.05. The fourth-order valence-electron chi connectivity index (χ4n) is 3.05. The van der Waals surface area contributed by atoms with Crippen LogP contribution >= 0.6 is 0 Å². The molecular weight excluding hydrogens is 308 g/mol. The zero-order chi connectivity index (χ0) is 17.1. The molecule has 2 atom stereocenters. The van der Waals surface area contributed by atoms with Crippen molar-refractivity contribution < 1.29 is 14.3 Å². The summed E-state index contributed by atoms with van der Waals surface area (Å²) < 4.78 is 12.3. The normalized spacial score (nSPS) is 20.5. The second kappa shape index (κ2) is 7.11. The number of aryl methyl sites for hydroxylation is 1. The molecule has 0 radical (unpaired) electrons. The molecule has 7 nitrogen and oxygen atoms in total. The largest absolute Gasteiger partial charge is 0.383 e. The SMILES string of the molecule is COC[C@@H]1C[C@H](OC)CN1C(=O)c1cn(-c2cccc(C)c2)nn1. The molecule has 1 fully saturated rings. The second-order valence-electron chi connectivity index (χ2n) is 6.05. The summed E-state index contributed by atoms with van der Waals surface area (Å²) in [6.07, 6.45) is 2.46. The van der Waals surface area contributed by atoms with Crippen LogP contribution in [0.1, 0.15) is 22.5 Å². The van der Waals surface area contributed by atoms with E-state index < -0.39 is 0 Å². The third-order valence-electron chi connectivity index (χ3n) is 4.31. The van der Waals surface area contributed by atoms with Gasteiger partial charge in [-0.2, -0.15) is 0 Å². The van der Waals surface area contributed by atoms with Crippen molar-refractivity contribution in [3.05, 3.63) is 41.7 Å². The van der Waals surface area contributed by atoms with Crippen molar-refractivity contribution in [1.29, 1.82) is 0 Å². The first-order chi connectivity index (χ1) is 11.6. The van der Waals surface area contributed by atoms with E-state index in [-0.39, 0.29) is 18.1 Å². The number of amides is 1. The van der Waals surface area contributed by atoms with Crippen LogP contribution in [0.3, 0.4) is 0 Å². The van der Waals surface area contributed by atoms with Crippen molar-refractivity contribution in [3.8, 4) is 5.69 Å². The molecule has 1 amide bonds. The van der Waals surface area contributed by atoms with E-state index in [4.69, 9.17) is 9.47 Å². The summed E-state index contributed by atoms with van der Waals surface area (Å²) in [6.45, 7) is 3.04. The van der Waals surface area contributed by atoms with Crippen LogP contribution < -0.4 is 0 Å². The van der Waals surface area contributed by atoms with E-state index in [1.807, 2.05) is 31.2 Å². The molecule has 1 aromatic carbocycles. The van der Waals surface area contributed by atoms with Crippen LogP contribution in [0.5, 0.6) is 0 Å². The smallest absolute Gasteiger partial charge is 0.276 e. The number of carbonyl (C=O) groups excluding carboxylic acids is 1. The molecule has 1 aliphatic heterocycles. The molecule has 0 aliphatic carbocycles. The lowest BCUT2D eigenvalue weighted by Gasteiger charge is -2.22. The van der Waals surface area contributed by atoms with Gasteiger partial charge in [-0.1, -0.05) is 17.3 Å². The van der Waals surface area contributed by atoms with E-state index in [2.05, 4.69) is 10.3 Å². The summed E-state index contributed by atoms with van der Waals surface area (Å²) in [5.41, 5.74) is 2.33. The van der Waals surface area contributed by atoms with Crippen LogP contribution in [0.25, 0.3) is 5.69 Å². The Balaban J connectivity index is 1.80. The Morgan fingerprint density at radius 2 is 2.21 bits per heavy atom. The zero-order valence-electron chi connectivity index (χ0n) is 14.2. The molecule has 0 saturated carbocycles. The molecule has 1 aliphatic rings. The van der Waals surface area contributed by atoms with E-state index >= 15 is 0 Å². The molecule has 3 rings (SSSR count). The Morgan fingerprint density at radius 1 is 1.38 bits per heavy atom. The van der Waals surface area contributed by atoms with Crippen molar-refractivity contribution in [2.24, 2.45) is 0 Å². The molecule has 128 valence electrons. The molecule has 0 spiro atoms. The highest BCUT2D eigenvalue weighted by Gasteiger charge is 2.36. The summed E-state index contributed by atoms with van der Waals surface area (Å²) in [7, 11) is 3.30. The average Bonchev–Trinajstić information content (AvgIpc) is 3.22. The van der Waals surface area contributed by atoms with Crippen molar-refractivity contribution in [3.63, 3.8) is 0 Å². The van der Waals surface area contributed by atoms with Crippen LogP contribution in [-0.2, 0) is 9.47 Å². The first kappa shape index (κ1) is 16.6. The lowest BCUT2D eigenvalue weighted by Crippen LogP contribution is -2.38. The highest BCUT2D eigenvalue weighted by molar-refractivity contribution is 5.92. The third-order valence-corrected chi connectivity index (χ3v) is 4.31. The predicted molar refractivity (Wildman–Crippen MR) is 88.2 cm³/mol. The minimum absolute atomic E-state index is 0.00318. The Bertz CT molecular complexity index is 715. The van der Waals surface area contributed by atoms with Gasteiger partial charge in [0.1, 0.15) is 0 Å². The van der Waals surface area contributed by atoms with Crippen LogP contribution in [0.2, 0.25) is 0 Å². The Morgan fingerprint density at radius 3 is 2.92 bits per heavy atom. The van der Waals surface area contributed by atoms with Crippen LogP contribution in [0, 0.1) is 6.92 Å². The molecule has 0 bridgehead atoms. The van der Waals surface area contributed by atoms with E-state index in [1.54, 1.807) is 30.0 Å². The Labute approximate surface area is 141 Å². The number of hydrogen-bond acceptors (Lipinski definition) is 5. The topological polar surface area (TPSA) is 69.5 Å². The van der Waals surface area contributed by atoms with Gasteiger partial charge < -0.3 is 14.4 Å². The maximum absolute atomic E-state index is 12.8. The zero-order valence-corrected chi connectivity index (χ0v) is 14.2. The van der Waals surface area contributed by atoms with Gasteiger partial charge in [0, 0.05) is 20.8 Å². The number of rotatable bonds is 5. The minimum Gasteiger partial charge on any atom is -0.383 e. The second-order valence-corrected chi connectivity index (χ2v) is 6.05. The molecule has 2 heterocycles. The van der Waals surface area contributed by atoms with E-state index in [0.29, 0.717) is 18.8 Å². The molecule has 2 aromatic rings. The lowest BCUT2D eigenvalue weighted by atomic mass is 10.2. The highest BCUT2D eigenvalue weighted by atomic mass is 16.5. The molecule has 7 heteroatoms. The quantitative estimate of drug-likeness (QED) is 0.830. The fraction of sp³-hybridized carbons (Fsp3) is 0.471. The van der Waals surface area contributed by atoms with Crippen molar-refractivity contribution >= 4 is 5.91 Å².